The first kappa shape index (κ1) is 12.6. The van der Waals surface area contributed by atoms with Crippen LogP contribution in [0.3, 0.4) is 0 Å². The standard InChI is InChI=1S/C15H24N2/c1-13(16-2)15-10-6-7-11-17(15)12-14-8-4-3-5-9-14/h3-5,8-9,13,15-16H,6-7,10-12H2,1-2H3. The van der Waals surface area contributed by atoms with Crippen molar-refractivity contribution in [3.63, 3.8) is 0 Å². The molecule has 94 valence electrons. The van der Waals surface area contributed by atoms with Crippen molar-refractivity contribution in [1.82, 2.24) is 10.2 Å². The molecule has 1 aromatic rings. The van der Waals surface area contributed by atoms with Gasteiger partial charge < -0.3 is 5.32 Å². The molecule has 2 nitrogen and oxygen atoms in total. The predicted octanol–water partition coefficient (Wildman–Crippen LogP) is 2.65. The zero-order valence-electron chi connectivity index (χ0n) is 11.0. The zero-order valence-corrected chi connectivity index (χ0v) is 11.0. The van der Waals surface area contributed by atoms with E-state index in [1.54, 1.807) is 0 Å². The Hall–Kier alpha value is -0.860. The van der Waals surface area contributed by atoms with Crippen molar-refractivity contribution < 1.29 is 0 Å². The lowest BCUT2D eigenvalue weighted by Crippen LogP contribution is -2.49. The number of benzene rings is 1. The summed E-state index contributed by atoms with van der Waals surface area (Å²) in [5.41, 5.74) is 1.43. The molecule has 1 aliphatic rings. The number of nitrogens with zero attached hydrogens (tertiary/aromatic N) is 1. The predicted molar refractivity (Wildman–Crippen MR) is 73.0 cm³/mol. The summed E-state index contributed by atoms with van der Waals surface area (Å²) < 4.78 is 0. The number of nitrogens with one attached hydrogen (secondary N) is 1. The summed E-state index contributed by atoms with van der Waals surface area (Å²) in [6, 6.07) is 12.1. The van der Waals surface area contributed by atoms with E-state index >= 15 is 0 Å². The number of piperidine rings is 1. The topological polar surface area (TPSA) is 15.3 Å². The van der Waals surface area contributed by atoms with Crippen LogP contribution in [0.2, 0.25) is 0 Å². The Kier molecular flexibility index (Phi) is 4.57. The van der Waals surface area contributed by atoms with Crippen LogP contribution in [0.15, 0.2) is 30.3 Å². The van der Waals surface area contributed by atoms with E-state index in [4.69, 9.17) is 0 Å². The van der Waals surface area contributed by atoms with Crippen LogP contribution in [0.4, 0.5) is 0 Å². The van der Waals surface area contributed by atoms with Gasteiger partial charge in [0.05, 0.1) is 0 Å². The molecule has 0 bridgehead atoms. The molecule has 0 radical (unpaired) electrons. The van der Waals surface area contributed by atoms with Crippen molar-refractivity contribution in [3.05, 3.63) is 35.9 Å². The van der Waals surface area contributed by atoms with Gasteiger partial charge in [-0.25, -0.2) is 0 Å². The smallest absolute Gasteiger partial charge is 0.0250 e. The number of likely N-dealkylation sites (N-methyl/N-ethyl adjacent to an activating group) is 1. The van der Waals surface area contributed by atoms with Gasteiger partial charge in [0, 0.05) is 18.6 Å². The fourth-order valence-electron chi connectivity index (χ4n) is 2.79. The normalized spacial score (nSPS) is 23.5. The van der Waals surface area contributed by atoms with Crippen LogP contribution in [-0.2, 0) is 6.54 Å². The Morgan fingerprint density at radius 3 is 2.76 bits per heavy atom. The fourth-order valence-corrected chi connectivity index (χ4v) is 2.79. The van der Waals surface area contributed by atoms with Crippen molar-refractivity contribution >= 4 is 0 Å². The van der Waals surface area contributed by atoms with Crippen LogP contribution >= 0.6 is 0 Å². The summed E-state index contributed by atoms with van der Waals surface area (Å²) in [5, 5.41) is 3.41. The molecule has 2 atom stereocenters. The maximum absolute atomic E-state index is 3.41. The van der Waals surface area contributed by atoms with Gasteiger partial charge in [0.25, 0.3) is 0 Å². The second-order valence-corrected chi connectivity index (χ2v) is 5.10. The fraction of sp³-hybridized carbons (Fsp3) is 0.600. The Bertz CT molecular complexity index is 323. The van der Waals surface area contributed by atoms with Gasteiger partial charge in [-0.1, -0.05) is 36.8 Å². The number of likely N-dealkylation sites (tertiary alicyclic amines) is 1. The molecule has 2 rings (SSSR count). The van der Waals surface area contributed by atoms with Gasteiger partial charge in [-0.3, -0.25) is 4.90 Å². The number of hydrogen-bond acceptors (Lipinski definition) is 2. The van der Waals surface area contributed by atoms with Gasteiger partial charge in [0.2, 0.25) is 0 Å². The molecule has 0 amide bonds. The summed E-state index contributed by atoms with van der Waals surface area (Å²) >= 11 is 0. The van der Waals surface area contributed by atoms with Crippen molar-refractivity contribution in [2.75, 3.05) is 13.6 Å². The molecule has 1 aromatic carbocycles. The molecule has 1 saturated heterocycles. The first-order chi connectivity index (χ1) is 8.31. The van der Waals surface area contributed by atoms with Crippen LogP contribution in [-0.4, -0.2) is 30.6 Å². The number of hydrogen-bond donors (Lipinski definition) is 1. The van der Waals surface area contributed by atoms with Crippen LogP contribution in [0, 0.1) is 0 Å². The minimum Gasteiger partial charge on any atom is -0.316 e. The van der Waals surface area contributed by atoms with Crippen molar-refractivity contribution in [2.45, 2.75) is 44.8 Å². The van der Waals surface area contributed by atoms with Crippen molar-refractivity contribution in [3.8, 4) is 0 Å². The van der Waals surface area contributed by atoms with E-state index in [-0.39, 0.29) is 0 Å². The van der Waals surface area contributed by atoms with Crippen LogP contribution in [0.1, 0.15) is 31.7 Å². The zero-order chi connectivity index (χ0) is 12.1. The number of rotatable bonds is 4. The molecule has 1 fully saturated rings. The van der Waals surface area contributed by atoms with Gasteiger partial charge in [-0.2, -0.15) is 0 Å². The average Bonchev–Trinajstić information content (AvgIpc) is 2.40. The van der Waals surface area contributed by atoms with E-state index in [0.29, 0.717) is 12.1 Å². The Morgan fingerprint density at radius 2 is 2.06 bits per heavy atom. The minimum atomic E-state index is 0.582. The highest BCUT2D eigenvalue weighted by molar-refractivity contribution is 5.14. The SMILES string of the molecule is CNC(C)C1CCCCN1Cc1ccccc1. The third-order valence-corrected chi connectivity index (χ3v) is 3.93. The Balaban J connectivity index is 2.01. The lowest BCUT2D eigenvalue weighted by molar-refractivity contribution is 0.114. The van der Waals surface area contributed by atoms with Gasteiger partial charge in [-0.05, 0) is 38.9 Å². The van der Waals surface area contributed by atoms with E-state index in [9.17, 15) is 0 Å². The maximum atomic E-state index is 3.41. The van der Waals surface area contributed by atoms with E-state index < -0.39 is 0 Å². The van der Waals surface area contributed by atoms with Crippen LogP contribution in [0.25, 0.3) is 0 Å². The van der Waals surface area contributed by atoms with Gasteiger partial charge >= 0.3 is 0 Å². The van der Waals surface area contributed by atoms with E-state index in [1.165, 1.54) is 31.4 Å². The monoisotopic (exact) mass is 232 g/mol. The molecular formula is C15H24N2. The Morgan fingerprint density at radius 1 is 1.29 bits per heavy atom. The van der Waals surface area contributed by atoms with Gasteiger partial charge in [0.15, 0.2) is 0 Å². The summed E-state index contributed by atoms with van der Waals surface area (Å²) in [4.78, 5) is 2.64. The minimum absolute atomic E-state index is 0.582. The molecule has 2 unspecified atom stereocenters. The second-order valence-electron chi connectivity index (χ2n) is 5.10. The summed E-state index contributed by atoms with van der Waals surface area (Å²) in [7, 11) is 2.07. The molecule has 1 aliphatic heterocycles. The van der Waals surface area contributed by atoms with E-state index in [0.717, 1.165) is 6.54 Å². The largest absolute Gasteiger partial charge is 0.316 e. The van der Waals surface area contributed by atoms with Crippen LogP contribution < -0.4 is 5.32 Å². The highest BCUT2D eigenvalue weighted by Crippen LogP contribution is 2.21. The molecule has 0 aliphatic carbocycles. The second kappa shape index (κ2) is 6.18. The summed E-state index contributed by atoms with van der Waals surface area (Å²) in [6.07, 6.45) is 4.05. The third-order valence-electron chi connectivity index (χ3n) is 3.93. The molecular weight excluding hydrogens is 208 g/mol. The van der Waals surface area contributed by atoms with Gasteiger partial charge in [-0.15, -0.1) is 0 Å². The van der Waals surface area contributed by atoms with Crippen molar-refractivity contribution in [2.24, 2.45) is 0 Å². The van der Waals surface area contributed by atoms with E-state index in [1.807, 2.05) is 0 Å². The molecule has 17 heavy (non-hydrogen) atoms. The van der Waals surface area contributed by atoms with E-state index in [2.05, 4.69) is 54.5 Å². The average molecular weight is 232 g/mol. The molecule has 0 aromatic heterocycles. The Labute approximate surface area is 105 Å². The first-order valence-electron chi connectivity index (χ1n) is 6.76. The van der Waals surface area contributed by atoms with Crippen LogP contribution in [0.5, 0.6) is 0 Å². The molecule has 0 spiro atoms. The molecule has 0 saturated carbocycles. The highest BCUT2D eigenvalue weighted by atomic mass is 15.2. The van der Waals surface area contributed by atoms with Gasteiger partial charge in [0.1, 0.15) is 0 Å². The third kappa shape index (κ3) is 3.30. The summed E-state index contributed by atoms with van der Waals surface area (Å²) in [5.74, 6) is 0. The van der Waals surface area contributed by atoms with Crippen molar-refractivity contribution in [1.29, 1.82) is 0 Å². The quantitative estimate of drug-likeness (QED) is 0.858. The lowest BCUT2D eigenvalue weighted by Gasteiger charge is -2.39. The molecule has 1 N–H and O–H groups in total. The molecule has 1 heterocycles. The molecule has 2 heteroatoms. The lowest BCUT2D eigenvalue weighted by atomic mass is 9.96. The summed E-state index contributed by atoms with van der Waals surface area (Å²) in [6.45, 7) is 4.64. The highest BCUT2D eigenvalue weighted by Gasteiger charge is 2.26. The first-order valence-corrected chi connectivity index (χ1v) is 6.76. The maximum Gasteiger partial charge on any atom is 0.0250 e.